The van der Waals surface area contributed by atoms with Crippen LogP contribution in [0.4, 0.5) is 11.4 Å². The molecule has 0 unspecified atom stereocenters. The fourth-order valence-electron chi connectivity index (χ4n) is 3.49. The first kappa shape index (κ1) is 26.2. The first-order valence-electron chi connectivity index (χ1n) is 11.9. The maximum Gasteiger partial charge on any atom is 0.230 e. The van der Waals surface area contributed by atoms with E-state index in [1.807, 2.05) is 52.0 Å². The summed E-state index contributed by atoms with van der Waals surface area (Å²) in [6.07, 6.45) is 11.1. The smallest absolute Gasteiger partial charge is 0.230 e. The Morgan fingerprint density at radius 3 is 1.47 bits per heavy atom. The Morgan fingerprint density at radius 2 is 1.10 bits per heavy atom. The summed E-state index contributed by atoms with van der Waals surface area (Å²) in [5.74, 6) is 0.0532. The third-order valence-electron chi connectivity index (χ3n) is 5.92. The van der Waals surface area contributed by atoms with Crippen molar-refractivity contribution in [3.05, 3.63) is 24.3 Å². The number of carbonyl (C=O) groups is 2. The topological polar surface area (TPSA) is 58.2 Å². The van der Waals surface area contributed by atoms with E-state index >= 15 is 0 Å². The van der Waals surface area contributed by atoms with Crippen LogP contribution in [0.5, 0.6) is 0 Å². The normalized spacial score (nSPS) is 11.9. The van der Waals surface area contributed by atoms with Crippen molar-refractivity contribution >= 4 is 23.2 Å². The lowest BCUT2D eigenvalue weighted by molar-refractivity contribution is -0.125. The second-order valence-corrected chi connectivity index (χ2v) is 9.88. The Hall–Kier alpha value is -1.84. The molecule has 0 aliphatic carbocycles. The van der Waals surface area contributed by atoms with Gasteiger partial charge in [0.05, 0.1) is 0 Å². The van der Waals surface area contributed by atoms with Gasteiger partial charge in [0.15, 0.2) is 0 Å². The molecule has 2 amide bonds. The highest BCUT2D eigenvalue weighted by atomic mass is 16.2. The second-order valence-electron chi connectivity index (χ2n) is 9.88. The van der Waals surface area contributed by atoms with Gasteiger partial charge >= 0.3 is 0 Å². The van der Waals surface area contributed by atoms with Crippen LogP contribution < -0.4 is 10.6 Å². The number of carbonyl (C=O) groups excluding carboxylic acids is 2. The molecule has 0 atom stereocenters. The van der Waals surface area contributed by atoms with Crippen LogP contribution in [0.15, 0.2) is 24.3 Å². The first-order chi connectivity index (χ1) is 14.1. The van der Waals surface area contributed by atoms with E-state index in [1.165, 1.54) is 38.5 Å². The van der Waals surface area contributed by atoms with Crippen molar-refractivity contribution in [2.24, 2.45) is 10.8 Å². The van der Waals surface area contributed by atoms with Crippen molar-refractivity contribution in [3.63, 3.8) is 0 Å². The zero-order valence-corrected chi connectivity index (χ0v) is 20.2. The number of rotatable bonds is 14. The van der Waals surface area contributed by atoms with Crippen LogP contribution in [0.3, 0.4) is 0 Å². The third kappa shape index (κ3) is 9.32. The van der Waals surface area contributed by atoms with Crippen LogP contribution in [0.25, 0.3) is 0 Å². The highest BCUT2D eigenvalue weighted by Crippen LogP contribution is 2.28. The number of nitrogens with one attached hydrogen (secondary N) is 2. The van der Waals surface area contributed by atoms with Gasteiger partial charge in [0, 0.05) is 22.2 Å². The van der Waals surface area contributed by atoms with E-state index in [0.717, 1.165) is 37.1 Å². The summed E-state index contributed by atoms with van der Waals surface area (Å²) < 4.78 is 0. The quantitative estimate of drug-likeness (QED) is 0.307. The second kappa shape index (κ2) is 12.8. The van der Waals surface area contributed by atoms with Crippen LogP contribution in [-0.2, 0) is 9.59 Å². The summed E-state index contributed by atoms with van der Waals surface area (Å²) in [5, 5.41) is 6.07. The molecule has 1 aromatic carbocycles. The van der Waals surface area contributed by atoms with Crippen molar-refractivity contribution in [3.8, 4) is 0 Å². The maximum atomic E-state index is 12.8. The van der Waals surface area contributed by atoms with Crippen LogP contribution in [0.2, 0.25) is 0 Å². The van der Waals surface area contributed by atoms with E-state index in [0.29, 0.717) is 0 Å². The molecule has 0 aliphatic heterocycles. The Labute approximate surface area is 184 Å². The monoisotopic (exact) mass is 416 g/mol. The molecule has 0 aliphatic rings. The van der Waals surface area contributed by atoms with Gasteiger partial charge in [0.1, 0.15) is 0 Å². The molecule has 0 spiro atoms. The van der Waals surface area contributed by atoms with E-state index < -0.39 is 10.8 Å². The van der Waals surface area contributed by atoms with Crippen LogP contribution in [0, 0.1) is 10.8 Å². The third-order valence-corrected chi connectivity index (χ3v) is 5.92. The molecule has 0 heterocycles. The fourth-order valence-corrected chi connectivity index (χ4v) is 3.49. The zero-order valence-electron chi connectivity index (χ0n) is 20.2. The Morgan fingerprint density at radius 1 is 0.700 bits per heavy atom. The predicted molar refractivity (Wildman–Crippen MR) is 129 cm³/mol. The van der Waals surface area contributed by atoms with E-state index in [-0.39, 0.29) is 11.8 Å². The van der Waals surface area contributed by atoms with Crippen LogP contribution in [-0.4, -0.2) is 11.8 Å². The molecule has 2 N–H and O–H groups in total. The van der Waals surface area contributed by atoms with E-state index in [4.69, 9.17) is 0 Å². The number of amides is 2. The Bertz CT molecular complexity index is 612. The highest BCUT2D eigenvalue weighted by Gasteiger charge is 2.28. The van der Waals surface area contributed by atoms with Crippen molar-refractivity contribution in [1.82, 2.24) is 0 Å². The van der Waals surface area contributed by atoms with Gasteiger partial charge in [-0.05, 0) is 31.0 Å². The molecule has 0 aromatic heterocycles. The number of hydrogen-bond donors (Lipinski definition) is 2. The molecule has 0 bridgehead atoms. The average Bonchev–Trinajstić information content (AvgIpc) is 2.69. The van der Waals surface area contributed by atoms with Crippen molar-refractivity contribution < 1.29 is 9.59 Å². The highest BCUT2D eigenvalue weighted by molar-refractivity contribution is 5.97. The van der Waals surface area contributed by atoms with Crippen molar-refractivity contribution in [2.45, 2.75) is 106 Å². The number of anilines is 2. The molecule has 4 heteroatoms. The van der Waals surface area contributed by atoms with Gasteiger partial charge in [0.2, 0.25) is 11.8 Å². The summed E-state index contributed by atoms with van der Waals surface area (Å²) in [7, 11) is 0. The SMILES string of the molecule is CCCCCCC(C)(C)C(=O)Nc1cccc(NC(=O)C(C)(C)CCCCCC)c1. The Balaban J connectivity index is 2.65. The molecule has 0 saturated heterocycles. The van der Waals surface area contributed by atoms with Crippen LogP contribution in [0.1, 0.15) is 106 Å². The molecule has 1 rings (SSSR count). The minimum atomic E-state index is -0.409. The summed E-state index contributed by atoms with van der Waals surface area (Å²) >= 11 is 0. The lowest BCUT2D eigenvalue weighted by Crippen LogP contribution is -2.31. The minimum absolute atomic E-state index is 0.0266. The van der Waals surface area contributed by atoms with Gasteiger partial charge in [-0.25, -0.2) is 0 Å². The largest absolute Gasteiger partial charge is 0.326 e. The molecule has 1 aromatic rings. The summed E-state index contributed by atoms with van der Waals surface area (Å²) in [6.45, 7) is 12.4. The zero-order chi connectivity index (χ0) is 22.6. The molecule has 0 radical (unpaired) electrons. The van der Waals surface area contributed by atoms with E-state index in [9.17, 15) is 9.59 Å². The molecule has 0 fully saturated rings. The van der Waals surface area contributed by atoms with Gasteiger partial charge in [-0.3, -0.25) is 9.59 Å². The van der Waals surface area contributed by atoms with Crippen molar-refractivity contribution in [1.29, 1.82) is 0 Å². The van der Waals surface area contributed by atoms with Crippen molar-refractivity contribution in [2.75, 3.05) is 10.6 Å². The molecule has 30 heavy (non-hydrogen) atoms. The van der Waals surface area contributed by atoms with Gasteiger partial charge in [-0.15, -0.1) is 0 Å². The molecule has 4 nitrogen and oxygen atoms in total. The maximum absolute atomic E-state index is 12.8. The predicted octanol–water partition coefficient (Wildman–Crippen LogP) is 7.56. The van der Waals surface area contributed by atoms with E-state index in [2.05, 4.69) is 24.5 Å². The number of unbranched alkanes of at least 4 members (excludes halogenated alkanes) is 6. The van der Waals surface area contributed by atoms with Crippen LogP contribution >= 0.6 is 0 Å². The lowest BCUT2D eigenvalue weighted by Gasteiger charge is -2.25. The standard InChI is InChI=1S/C26H44N2O2/c1-7-9-11-13-18-25(3,4)23(29)27-21-16-15-17-22(20-21)28-24(30)26(5,6)19-14-12-10-8-2/h15-17,20H,7-14,18-19H2,1-6H3,(H,27,29)(H,28,30). The number of benzene rings is 1. The summed E-state index contributed by atoms with van der Waals surface area (Å²) in [5.41, 5.74) is 0.626. The molecule has 170 valence electrons. The fraction of sp³-hybridized carbons (Fsp3) is 0.692. The van der Waals surface area contributed by atoms with E-state index in [1.54, 1.807) is 0 Å². The number of hydrogen-bond acceptors (Lipinski definition) is 2. The lowest BCUT2D eigenvalue weighted by atomic mass is 9.85. The van der Waals surface area contributed by atoms with Gasteiger partial charge in [0.25, 0.3) is 0 Å². The minimum Gasteiger partial charge on any atom is -0.326 e. The van der Waals surface area contributed by atoms with Gasteiger partial charge < -0.3 is 10.6 Å². The molecular weight excluding hydrogens is 372 g/mol. The summed E-state index contributed by atoms with van der Waals surface area (Å²) in [4.78, 5) is 25.5. The Kier molecular flexibility index (Phi) is 11.1. The summed E-state index contributed by atoms with van der Waals surface area (Å²) in [6, 6.07) is 7.46. The molecule has 0 saturated carbocycles. The van der Waals surface area contributed by atoms with Gasteiger partial charge in [-0.2, -0.15) is 0 Å². The van der Waals surface area contributed by atoms with Gasteiger partial charge in [-0.1, -0.05) is 99.0 Å². The molecular formula is C26H44N2O2. The average molecular weight is 417 g/mol. The first-order valence-corrected chi connectivity index (χ1v) is 11.9.